The van der Waals surface area contributed by atoms with E-state index in [1.807, 2.05) is 19.1 Å². The first kappa shape index (κ1) is 9.59. The van der Waals surface area contributed by atoms with Crippen LogP contribution in [0.2, 0.25) is 0 Å². The van der Waals surface area contributed by atoms with Crippen LogP contribution in [0, 0.1) is 6.92 Å². The molecule has 1 aromatic rings. The molecule has 0 aliphatic carbocycles. The van der Waals surface area contributed by atoms with Gasteiger partial charge in [0.15, 0.2) is 0 Å². The summed E-state index contributed by atoms with van der Waals surface area (Å²) in [6.07, 6.45) is 0. The van der Waals surface area contributed by atoms with Crippen LogP contribution in [0.3, 0.4) is 0 Å². The maximum absolute atomic E-state index is 9.47. The number of aryl methyl sites for hydroxylation is 1. The van der Waals surface area contributed by atoms with Crippen molar-refractivity contribution >= 4 is 15.9 Å². The van der Waals surface area contributed by atoms with Gasteiger partial charge in [-0.3, -0.25) is 0 Å². The molecule has 2 heteroatoms. The molecule has 1 rings (SSSR count). The molecule has 0 saturated heterocycles. The molecule has 0 aliphatic rings. The lowest BCUT2D eigenvalue weighted by Crippen LogP contribution is -1.89. The fourth-order valence-electron chi connectivity index (χ4n) is 1.10. The Labute approximate surface area is 81.6 Å². The number of halogens is 1. The zero-order chi connectivity index (χ0) is 9.30. The summed E-state index contributed by atoms with van der Waals surface area (Å²) in [5.41, 5.74) is 2.17. The Balaban J connectivity index is 3.21. The summed E-state index contributed by atoms with van der Waals surface area (Å²) in [4.78, 5) is 0. The number of phenols is 1. The molecular formula is C10H13BrO. The maximum atomic E-state index is 9.47. The van der Waals surface area contributed by atoms with Crippen molar-refractivity contribution in [1.29, 1.82) is 0 Å². The predicted molar refractivity (Wildman–Crippen MR) is 54.6 cm³/mol. The summed E-state index contributed by atoms with van der Waals surface area (Å²) in [5, 5.41) is 9.47. The predicted octanol–water partition coefficient (Wildman–Crippen LogP) is 3.59. The first-order valence-electron chi connectivity index (χ1n) is 4.01. The second-order valence-electron chi connectivity index (χ2n) is 3.32. The molecular weight excluding hydrogens is 216 g/mol. The van der Waals surface area contributed by atoms with Crippen LogP contribution >= 0.6 is 15.9 Å². The second-order valence-corrected chi connectivity index (χ2v) is 4.18. The Morgan fingerprint density at radius 3 is 2.33 bits per heavy atom. The highest BCUT2D eigenvalue weighted by molar-refractivity contribution is 9.10. The van der Waals surface area contributed by atoms with Crippen molar-refractivity contribution in [3.63, 3.8) is 0 Å². The first-order valence-corrected chi connectivity index (χ1v) is 4.80. The SMILES string of the molecule is Cc1cc(C(C)C)cc(Br)c1O. The second kappa shape index (κ2) is 3.48. The van der Waals surface area contributed by atoms with E-state index in [-0.39, 0.29) is 0 Å². The summed E-state index contributed by atoms with van der Waals surface area (Å²) in [5.74, 6) is 0.847. The summed E-state index contributed by atoms with van der Waals surface area (Å²) >= 11 is 3.32. The molecule has 12 heavy (non-hydrogen) atoms. The third kappa shape index (κ3) is 1.81. The normalized spacial score (nSPS) is 10.8. The highest BCUT2D eigenvalue weighted by atomic mass is 79.9. The van der Waals surface area contributed by atoms with Gasteiger partial charge in [0.1, 0.15) is 5.75 Å². The summed E-state index contributed by atoms with van der Waals surface area (Å²) in [6.45, 7) is 6.18. The van der Waals surface area contributed by atoms with Gasteiger partial charge in [0.25, 0.3) is 0 Å². The van der Waals surface area contributed by atoms with E-state index in [0.29, 0.717) is 11.7 Å². The van der Waals surface area contributed by atoms with E-state index in [9.17, 15) is 5.11 Å². The van der Waals surface area contributed by atoms with E-state index in [4.69, 9.17) is 0 Å². The molecule has 0 bridgehead atoms. The lowest BCUT2D eigenvalue weighted by atomic mass is 10.0. The van der Waals surface area contributed by atoms with Crippen molar-refractivity contribution in [3.05, 3.63) is 27.7 Å². The van der Waals surface area contributed by atoms with Crippen molar-refractivity contribution in [2.24, 2.45) is 0 Å². The van der Waals surface area contributed by atoms with Crippen LogP contribution in [-0.2, 0) is 0 Å². The maximum Gasteiger partial charge on any atom is 0.132 e. The smallest absolute Gasteiger partial charge is 0.132 e. The summed E-state index contributed by atoms with van der Waals surface area (Å²) < 4.78 is 0.784. The molecule has 0 heterocycles. The Morgan fingerprint density at radius 1 is 1.33 bits per heavy atom. The summed E-state index contributed by atoms with van der Waals surface area (Å²) in [7, 11) is 0. The van der Waals surface area contributed by atoms with Crippen molar-refractivity contribution in [2.75, 3.05) is 0 Å². The number of rotatable bonds is 1. The van der Waals surface area contributed by atoms with E-state index in [1.165, 1.54) is 5.56 Å². The lowest BCUT2D eigenvalue weighted by molar-refractivity contribution is 0.467. The minimum atomic E-state index is 0.347. The van der Waals surface area contributed by atoms with Gasteiger partial charge in [-0.1, -0.05) is 19.9 Å². The molecule has 0 aromatic heterocycles. The lowest BCUT2D eigenvalue weighted by Gasteiger charge is -2.09. The molecule has 0 fully saturated rings. The Bertz CT molecular complexity index is 269. The van der Waals surface area contributed by atoms with Crippen LogP contribution in [0.1, 0.15) is 30.9 Å². The first-order chi connectivity index (χ1) is 5.52. The van der Waals surface area contributed by atoms with Crippen LogP contribution in [0.4, 0.5) is 0 Å². The third-order valence-corrected chi connectivity index (χ3v) is 2.55. The highest BCUT2D eigenvalue weighted by Crippen LogP contribution is 2.31. The standard InChI is InChI=1S/C10H13BrO/c1-6(2)8-4-7(3)10(12)9(11)5-8/h4-6,12H,1-3H3. The van der Waals surface area contributed by atoms with Crippen LogP contribution in [-0.4, -0.2) is 5.11 Å². The van der Waals surface area contributed by atoms with E-state index in [0.717, 1.165) is 10.0 Å². The number of hydrogen-bond acceptors (Lipinski definition) is 1. The van der Waals surface area contributed by atoms with Gasteiger partial charge in [-0.05, 0) is 46.0 Å². The average molecular weight is 229 g/mol. The number of benzene rings is 1. The van der Waals surface area contributed by atoms with Crippen LogP contribution in [0.25, 0.3) is 0 Å². The monoisotopic (exact) mass is 228 g/mol. The molecule has 0 amide bonds. The van der Waals surface area contributed by atoms with Crippen molar-refractivity contribution in [1.82, 2.24) is 0 Å². The quantitative estimate of drug-likeness (QED) is 0.780. The number of phenolic OH excluding ortho intramolecular Hbond substituents is 1. The molecule has 0 atom stereocenters. The molecule has 0 unspecified atom stereocenters. The van der Waals surface area contributed by atoms with Gasteiger partial charge < -0.3 is 5.11 Å². The minimum Gasteiger partial charge on any atom is -0.506 e. The fourth-order valence-corrected chi connectivity index (χ4v) is 1.67. The van der Waals surface area contributed by atoms with E-state index < -0.39 is 0 Å². The summed E-state index contributed by atoms with van der Waals surface area (Å²) in [6, 6.07) is 3.98. The topological polar surface area (TPSA) is 20.2 Å². The minimum absolute atomic E-state index is 0.347. The van der Waals surface area contributed by atoms with Crippen molar-refractivity contribution in [2.45, 2.75) is 26.7 Å². The molecule has 66 valence electrons. The molecule has 1 aromatic carbocycles. The van der Waals surface area contributed by atoms with Gasteiger partial charge in [0, 0.05) is 0 Å². The van der Waals surface area contributed by atoms with E-state index >= 15 is 0 Å². The Morgan fingerprint density at radius 2 is 1.92 bits per heavy atom. The highest BCUT2D eigenvalue weighted by Gasteiger charge is 2.06. The van der Waals surface area contributed by atoms with Gasteiger partial charge in [-0.15, -0.1) is 0 Å². The van der Waals surface area contributed by atoms with Gasteiger partial charge in [0.2, 0.25) is 0 Å². The molecule has 0 aliphatic heterocycles. The molecule has 1 nitrogen and oxygen atoms in total. The molecule has 0 saturated carbocycles. The van der Waals surface area contributed by atoms with Crippen LogP contribution in [0.15, 0.2) is 16.6 Å². The van der Waals surface area contributed by atoms with Gasteiger partial charge in [-0.2, -0.15) is 0 Å². The van der Waals surface area contributed by atoms with Gasteiger partial charge in [0.05, 0.1) is 4.47 Å². The number of hydrogen-bond donors (Lipinski definition) is 1. The fraction of sp³-hybridized carbons (Fsp3) is 0.400. The average Bonchev–Trinajstić information content (AvgIpc) is 1.99. The van der Waals surface area contributed by atoms with Gasteiger partial charge in [-0.25, -0.2) is 0 Å². The molecule has 1 N–H and O–H groups in total. The third-order valence-electron chi connectivity index (χ3n) is 1.94. The number of aromatic hydroxyl groups is 1. The zero-order valence-corrected chi connectivity index (χ0v) is 9.14. The van der Waals surface area contributed by atoms with E-state index in [2.05, 4.69) is 29.8 Å². The van der Waals surface area contributed by atoms with Gasteiger partial charge >= 0.3 is 0 Å². The van der Waals surface area contributed by atoms with Crippen LogP contribution in [0.5, 0.6) is 5.75 Å². The van der Waals surface area contributed by atoms with E-state index in [1.54, 1.807) is 0 Å². The largest absolute Gasteiger partial charge is 0.506 e. The molecule has 0 spiro atoms. The van der Waals surface area contributed by atoms with Crippen molar-refractivity contribution < 1.29 is 5.11 Å². The Hall–Kier alpha value is -0.500. The molecule has 0 radical (unpaired) electrons. The van der Waals surface area contributed by atoms with Crippen LogP contribution < -0.4 is 0 Å². The van der Waals surface area contributed by atoms with Crippen molar-refractivity contribution in [3.8, 4) is 5.75 Å². The zero-order valence-electron chi connectivity index (χ0n) is 7.56. The Kier molecular flexibility index (Phi) is 2.78.